The molecule has 0 saturated heterocycles. The van der Waals surface area contributed by atoms with E-state index in [9.17, 15) is 9.59 Å². The molecular weight excluding hydrogens is 268 g/mol. The molecule has 0 spiro atoms. The predicted octanol–water partition coefficient (Wildman–Crippen LogP) is 1.73. The normalized spacial score (nSPS) is 12.2. The first-order chi connectivity index (χ1) is 9.01. The molecule has 6 nitrogen and oxygen atoms in total. The number of carboxylic acids is 1. The number of thiazole rings is 1. The molecule has 1 aromatic heterocycles. The molecular formula is C12H18N2O4S. The zero-order valence-electron chi connectivity index (χ0n) is 11.3. The van der Waals surface area contributed by atoms with Crippen molar-refractivity contribution in [2.24, 2.45) is 0 Å². The van der Waals surface area contributed by atoms with Gasteiger partial charge in [-0.05, 0) is 13.3 Å². The number of aromatic nitrogens is 1. The van der Waals surface area contributed by atoms with Crippen LogP contribution in [0.4, 0.5) is 0 Å². The van der Waals surface area contributed by atoms with E-state index in [2.05, 4.69) is 4.98 Å². The number of hydrogen-bond acceptors (Lipinski definition) is 5. The molecule has 7 heteroatoms. The lowest BCUT2D eigenvalue weighted by molar-refractivity contribution is 0.0613. The maximum Gasteiger partial charge on any atom is 0.355 e. The molecule has 1 unspecified atom stereocenters. The molecule has 0 radical (unpaired) electrons. The smallest absolute Gasteiger partial charge is 0.355 e. The van der Waals surface area contributed by atoms with E-state index in [-0.39, 0.29) is 22.7 Å². The summed E-state index contributed by atoms with van der Waals surface area (Å²) >= 11 is 1.05. The molecule has 0 fully saturated rings. The first-order valence-corrected chi connectivity index (χ1v) is 6.87. The maximum atomic E-state index is 12.3. The average Bonchev–Trinajstić information content (AvgIpc) is 2.88. The molecule has 0 aliphatic rings. The molecule has 19 heavy (non-hydrogen) atoms. The van der Waals surface area contributed by atoms with Gasteiger partial charge in [0.15, 0.2) is 10.7 Å². The minimum absolute atomic E-state index is 0.0554. The van der Waals surface area contributed by atoms with E-state index in [1.165, 1.54) is 5.38 Å². The number of nitrogens with zero attached hydrogens (tertiary/aromatic N) is 2. The second-order valence-electron chi connectivity index (χ2n) is 4.09. The van der Waals surface area contributed by atoms with Gasteiger partial charge in [0.1, 0.15) is 0 Å². The molecule has 106 valence electrons. The van der Waals surface area contributed by atoms with E-state index in [0.29, 0.717) is 13.2 Å². The molecule has 1 N–H and O–H groups in total. The fourth-order valence-electron chi connectivity index (χ4n) is 1.53. The molecule has 1 rings (SSSR count). The summed E-state index contributed by atoms with van der Waals surface area (Å²) in [6, 6.07) is 0.0554. The highest BCUT2D eigenvalue weighted by molar-refractivity contribution is 7.11. The quantitative estimate of drug-likeness (QED) is 0.825. The Morgan fingerprint density at radius 1 is 1.58 bits per heavy atom. The van der Waals surface area contributed by atoms with Crippen LogP contribution < -0.4 is 0 Å². The van der Waals surface area contributed by atoms with Crippen molar-refractivity contribution in [2.75, 3.05) is 20.3 Å². The molecule has 0 bridgehead atoms. The van der Waals surface area contributed by atoms with Gasteiger partial charge >= 0.3 is 5.97 Å². The number of hydrogen-bond donors (Lipinski definition) is 1. The summed E-state index contributed by atoms with van der Waals surface area (Å²) < 4.78 is 4.99. The summed E-state index contributed by atoms with van der Waals surface area (Å²) in [5.41, 5.74) is -0.0933. The number of ether oxygens (including phenoxy) is 1. The molecule has 1 aromatic rings. The van der Waals surface area contributed by atoms with Crippen LogP contribution in [0.15, 0.2) is 5.38 Å². The third kappa shape index (κ3) is 4.00. The van der Waals surface area contributed by atoms with Crippen molar-refractivity contribution < 1.29 is 19.4 Å². The second kappa shape index (κ2) is 7.20. The predicted molar refractivity (Wildman–Crippen MR) is 71.7 cm³/mol. The summed E-state index contributed by atoms with van der Waals surface area (Å²) in [6.07, 6.45) is 0.812. The van der Waals surface area contributed by atoms with Crippen molar-refractivity contribution >= 4 is 23.2 Å². The highest BCUT2D eigenvalue weighted by Gasteiger charge is 2.23. The van der Waals surface area contributed by atoms with Crippen molar-refractivity contribution in [1.82, 2.24) is 9.88 Å². The minimum Gasteiger partial charge on any atom is -0.476 e. The standard InChI is InChI=1S/C12H18N2O4S/c1-4-8(2)14(5-6-18-3)11(15)10-13-9(7-19-10)12(16)17/h7-8H,4-6H2,1-3H3,(H,16,17). The number of rotatable bonds is 7. The summed E-state index contributed by atoms with van der Waals surface area (Å²) in [7, 11) is 1.57. The number of methoxy groups -OCH3 is 1. The highest BCUT2D eigenvalue weighted by atomic mass is 32.1. The van der Waals surface area contributed by atoms with Crippen molar-refractivity contribution in [3.8, 4) is 0 Å². The summed E-state index contributed by atoms with van der Waals surface area (Å²) in [5, 5.41) is 10.4. The molecule has 0 saturated carbocycles. The third-order valence-electron chi connectivity index (χ3n) is 2.83. The van der Waals surface area contributed by atoms with Crippen molar-refractivity contribution in [2.45, 2.75) is 26.3 Å². The van der Waals surface area contributed by atoms with Crippen LogP contribution in [0.5, 0.6) is 0 Å². The van der Waals surface area contributed by atoms with E-state index in [1.54, 1.807) is 12.0 Å². The number of amides is 1. The van der Waals surface area contributed by atoms with Gasteiger partial charge < -0.3 is 14.7 Å². The van der Waals surface area contributed by atoms with Crippen LogP contribution in [0.2, 0.25) is 0 Å². The Labute approximate surface area is 116 Å². The minimum atomic E-state index is -1.12. The maximum absolute atomic E-state index is 12.3. The lowest BCUT2D eigenvalue weighted by Gasteiger charge is -2.27. The van der Waals surface area contributed by atoms with Gasteiger partial charge in [0.25, 0.3) is 5.91 Å². The van der Waals surface area contributed by atoms with E-state index >= 15 is 0 Å². The van der Waals surface area contributed by atoms with Gasteiger partial charge in [-0.1, -0.05) is 6.92 Å². The van der Waals surface area contributed by atoms with Crippen LogP contribution in [0.1, 0.15) is 40.6 Å². The number of carbonyl (C=O) groups excluding carboxylic acids is 1. The number of aromatic carboxylic acids is 1. The Morgan fingerprint density at radius 2 is 2.26 bits per heavy atom. The Kier molecular flexibility index (Phi) is 5.91. The van der Waals surface area contributed by atoms with Crippen molar-refractivity contribution in [3.63, 3.8) is 0 Å². The van der Waals surface area contributed by atoms with Gasteiger partial charge in [0.2, 0.25) is 0 Å². The van der Waals surface area contributed by atoms with Gasteiger partial charge in [-0.3, -0.25) is 4.79 Å². The fraction of sp³-hybridized carbons (Fsp3) is 0.583. The summed E-state index contributed by atoms with van der Waals surface area (Å²) in [5.74, 6) is -1.37. The van der Waals surface area contributed by atoms with Crippen molar-refractivity contribution in [1.29, 1.82) is 0 Å². The van der Waals surface area contributed by atoms with E-state index in [0.717, 1.165) is 17.8 Å². The average molecular weight is 286 g/mol. The van der Waals surface area contributed by atoms with Gasteiger partial charge in [-0.15, -0.1) is 11.3 Å². The zero-order valence-corrected chi connectivity index (χ0v) is 12.1. The van der Waals surface area contributed by atoms with Crippen LogP contribution in [0.3, 0.4) is 0 Å². The van der Waals surface area contributed by atoms with Crippen molar-refractivity contribution in [3.05, 3.63) is 16.1 Å². The summed E-state index contributed by atoms with van der Waals surface area (Å²) in [4.78, 5) is 28.6. The zero-order chi connectivity index (χ0) is 14.4. The number of carbonyl (C=O) groups is 2. The number of carboxylic acid groups (broad SMARTS) is 1. The lowest BCUT2D eigenvalue weighted by atomic mass is 10.2. The third-order valence-corrected chi connectivity index (χ3v) is 3.66. The van der Waals surface area contributed by atoms with Gasteiger partial charge in [-0.25, -0.2) is 9.78 Å². The molecule has 1 heterocycles. The van der Waals surface area contributed by atoms with Crippen LogP contribution in [0, 0.1) is 0 Å². The van der Waals surface area contributed by atoms with E-state index in [4.69, 9.17) is 9.84 Å². The first-order valence-electron chi connectivity index (χ1n) is 6.00. The van der Waals surface area contributed by atoms with Crippen LogP contribution in [0.25, 0.3) is 0 Å². The Morgan fingerprint density at radius 3 is 2.74 bits per heavy atom. The first kappa shape index (κ1) is 15.6. The van der Waals surface area contributed by atoms with E-state index < -0.39 is 5.97 Å². The topological polar surface area (TPSA) is 79.7 Å². The second-order valence-corrected chi connectivity index (χ2v) is 4.95. The van der Waals surface area contributed by atoms with Gasteiger partial charge in [0, 0.05) is 25.1 Å². The Hall–Kier alpha value is -1.47. The Bertz CT molecular complexity index is 447. The van der Waals surface area contributed by atoms with Gasteiger partial charge in [0.05, 0.1) is 6.61 Å². The SMILES string of the molecule is CCC(C)N(CCOC)C(=O)c1nc(C(=O)O)cs1. The highest BCUT2D eigenvalue weighted by Crippen LogP contribution is 2.15. The van der Waals surface area contributed by atoms with Crippen LogP contribution in [-0.4, -0.2) is 53.2 Å². The Balaban J connectivity index is 2.87. The fourth-order valence-corrected chi connectivity index (χ4v) is 2.27. The monoisotopic (exact) mass is 286 g/mol. The van der Waals surface area contributed by atoms with Crippen LogP contribution >= 0.6 is 11.3 Å². The van der Waals surface area contributed by atoms with Crippen LogP contribution in [-0.2, 0) is 4.74 Å². The molecule has 0 aromatic carbocycles. The molecule has 0 aliphatic heterocycles. The molecule has 0 aliphatic carbocycles. The van der Waals surface area contributed by atoms with E-state index in [1.807, 2.05) is 13.8 Å². The molecule has 1 amide bonds. The molecule has 1 atom stereocenters. The summed E-state index contributed by atoms with van der Waals surface area (Å²) in [6.45, 7) is 4.83. The van der Waals surface area contributed by atoms with Gasteiger partial charge in [-0.2, -0.15) is 0 Å². The lowest BCUT2D eigenvalue weighted by Crippen LogP contribution is -2.40. The largest absolute Gasteiger partial charge is 0.476 e.